The van der Waals surface area contributed by atoms with Gasteiger partial charge in [0.2, 0.25) is 5.69 Å². The Morgan fingerprint density at radius 3 is 1.86 bits per heavy atom. The molecule has 0 atom stereocenters. The minimum atomic E-state index is -0.536. The van der Waals surface area contributed by atoms with Gasteiger partial charge in [-0.15, -0.1) is 0 Å². The van der Waals surface area contributed by atoms with Crippen molar-refractivity contribution < 1.29 is 14.3 Å². The van der Waals surface area contributed by atoms with E-state index in [0.717, 1.165) is 38.9 Å². The maximum Gasteiger partial charge on any atom is 0.254 e. The molecular formula is C18H26N8O3. The maximum atomic E-state index is 11.0. The molecule has 2 saturated heterocycles. The molecule has 6 N–H and O–H groups in total. The first-order valence-corrected chi connectivity index (χ1v) is 9.51. The number of nitrogens with two attached hydrogens (primary N) is 3. The first kappa shape index (κ1) is 20.6. The van der Waals surface area contributed by atoms with E-state index >= 15 is 0 Å². The molecule has 0 aliphatic carbocycles. The van der Waals surface area contributed by atoms with Crippen molar-refractivity contribution >= 4 is 23.2 Å². The highest BCUT2D eigenvalue weighted by atomic mass is 16.5. The summed E-state index contributed by atoms with van der Waals surface area (Å²) in [5, 5.41) is 8.23. The van der Waals surface area contributed by atoms with Crippen LogP contribution in [0.15, 0.2) is 12.4 Å². The summed E-state index contributed by atoms with van der Waals surface area (Å²) in [7, 11) is 0. The molecule has 0 aromatic carbocycles. The Labute approximate surface area is 168 Å². The number of primary amides is 1. The Balaban J connectivity index is 0.000000166. The molecule has 4 heterocycles. The molecule has 0 spiro atoms. The summed E-state index contributed by atoms with van der Waals surface area (Å²) in [6, 6.07) is 0.506. The number of carbonyl (C=O) groups is 1. The summed E-state index contributed by atoms with van der Waals surface area (Å²) in [5.74, 6) is 0.298. The van der Waals surface area contributed by atoms with E-state index < -0.39 is 5.91 Å². The minimum Gasteiger partial charge on any atom is -0.393 e. The van der Waals surface area contributed by atoms with Crippen molar-refractivity contribution in [1.29, 1.82) is 0 Å². The first-order chi connectivity index (χ1) is 14.0. The highest BCUT2D eigenvalue weighted by Gasteiger charge is 2.21. The van der Waals surface area contributed by atoms with Crippen LogP contribution in [0.3, 0.4) is 0 Å². The van der Waals surface area contributed by atoms with Gasteiger partial charge in [0.15, 0.2) is 0 Å². The zero-order valence-corrected chi connectivity index (χ0v) is 16.2. The smallest absolute Gasteiger partial charge is 0.254 e. The molecule has 4 rings (SSSR count). The number of carbonyl (C=O) groups excluding carboxylic acids is 1. The Kier molecular flexibility index (Phi) is 6.69. The number of anilines is 2. The van der Waals surface area contributed by atoms with Crippen LogP contribution in [0.2, 0.25) is 0 Å². The van der Waals surface area contributed by atoms with Gasteiger partial charge in [-0.25, -0.2) is 9.53 Å². The standard InChI is InChI=1S/C9H14N4O2.C9H12N4O/c10-8-7(9(11)14)5-12-13(8)6-1-3-15-4-2-6;1-11-8-6-12-13(9(8)10)7-2-4-14-5-3-7/h5-6H,1-4,10H2,(H2,11,14);6-7H,2-5,10H2. The molecule has 2 aromatic rings. The Morgan fingerprint density at radius 2 is 1.45 bits per heavy atom. The van der Waals surface area contributed by atoms with Crippen LogP contribution in [-0.4, -0.2) is 51.9 Å². The lowest BCUT2D eigenvalue weighted by Gasteiger charge is -2.23. The van der Waals surface area contributed by atoms with E-state index in [1.165, 1.54) is 12.4 Å². The van der Waals surface area contributed by atoms with Crippen LogP contribution in [-0.2, 0) is 9.47 Å². The van der Waals surface area contributed by atoms with Crippen molar-refractivity contribution in [3.05, 3.63) is 29.4 Å². The van der Waals surface area contributed by atoms with E-state index in [-0.39, 0.29) is 6.04 Å². The summed E-state index contributed by atoms with van der Waals surface area (Å²) in [6.07, 6.45) is 6.52. The molecule has 2 aliphatic heterocycles. The fraction of sp³-hybridized carbons (Fsp3) is 0.556. The van der Waals surface area contributed by atoms with Gasteiger partial charge < -0.3 is 26.7 Å². The Morgan fingerprint density at radius 1 is 0.966 bits per heavy atom. The summed E-state index contributed by atoms with van der Waals surface area (Å²) >= 11 is 0. The summed E-state index contributed by atoms with van der Waals surface area (Å²) in [5.41, 5.74) is 17.5. The van der Waals surface area contributed by atoms with Crippen molar-refractivity contribution in [2.24, 2.45) is 5.73 Å². The third-order valence-corrected chi connectivity index (χ3v) is 5.11. The number of rotatable bonds is 3. The molecule has 1 amide bonds. The molecule has 2 fully saturated rings. The Hall–Kier alpha value is -3.10. The zero-order chi connectivity index (χ0) is 20.8. The highest BCUT2D eigenvalue weighted by Crippen LogP contribution is 2.28. The zero-order valence-electron chi connectivity index (χ0n) is 16.2. The largest absolute Gasteiger partial charge is 0.393 e. The molecule has 0 unspecified atom stereocenters. The maximum absolute atomic E-state index is 11.0. The molecule has 2 aliphatic rings. The van der Waals surface area contributed by atoms with Gasteiger partial charge in [0.05, 0.1) is 31.0 Å². The molecular weight excluding hydrogens is 376 g/mol. The summed E-state index contributed by atoms with van der Waals surface area (Å²) in [6.45, 7) is 9.78. The van der Waals surface area contributed by atoms with Gasteiger partial charge in [-0.3, -0.25) is 9.48 Å². The van der Waals surface area contributed by atoms with Crippen molar-refractivity contribution in [2.45, 2.75) is 37.8 Å². The van der Waals surface area contributed by atoms with Crippen molar-refractivity contribution in [1.82, 2.24) is 19.6 Å². The molecule has 156 valence electrons. The molecule has 0 saturated carbocycles. The number of hydrogen-bond donors (Lipinski definition) is 3. The predicted octanol–water partition coefficient (Wildman–Crippen LogP) is 1.28. The average Bonchev–Trinajstić information content (AvgIpc) is 3.32. The van der Waals surface area contributed by atoms with Gasteiger partial charge in [0.1, 0.15) is 17.2 Å². The van der Waals surface area contributed by atoms with Crippen molar-refractivity contribution in [2.75, 3.05) is 37.9 Å². The van der Waals surface area contributed by atoms with E-state index in [4.69, 9.17) is 33.2 Å². The second kappa shape index (κ2) is 9.40. The van der Waals surface area contributed by atoms with Gasteiger partial charge in [0, 0.05) is 26.4 Å². The lowest BCUT2D eigenvalue weighted by molar-refractivity contribution is 0.0668. The van der Waals surface area contributed by atoms with Gasteiger partial charge in [0.25, 0.3) is 5.91 Å². The van der Waals surface area contributed by atoms with Crippen molar-refractivity contribution in [3.8, 4) is 0 Å². The van der Waals surface area contributed by atoms with Crippen LogP contribution in [0, 0.1) is 6.57 Å². The van der Waals surface area contributed by atoms with Crippen LogP contribution in [0.1, 0.15) is 48.1 Å². The fourth-order valence-electron chi connectivity index (χ4n) is 3.45. The van der Waals surface area contributed by atoms with Gasteiger partial charge in [-0.05, 0) is 25.7 Å². The van der Waals surface area contributed by atoms with E-state index in [1.807, 2.05) is 0 Å². The molecule has 2 aromatic heterocycles. The Bertz CT molecular complexity index is 872. The number of nitrogen functional groups attached to an aromatic ring is 2. The average molecular weight is 402 g/mol. The van der Waals surface area contributed by atoms with E-state index in [9.17, 15) is 4.79 Å². The normalized spacial score (nSPS) is 17.9. The number of amides is 1. The minimum absolute atomic E-state index is 0.215. The molecule has 29 heavy (non-hydrogen) atoms. The molecule has 0 bridgehead atoms. The third-order valence-electron chi connectivity index (χ3n) is 5.11. The van der Waals surface area contributed by atoms with Crippen LogP contribution in [0.25, 0.3) is 4.85 Å². The first-order valence-electron chi connectivity index (χ1n) is 9.51. The molecule has 11 nitrogen and oxygen atoms in total. The SMILES string of the molecule is NC(=O)c1cnn(C2CCOCC2)c1N.[C-]#[N+]c1cnn(C2CCOCC2)c1N. The topological polar surface area (TPSA) is 154 Å². The lowest BCUT2D eigenvalue weighted by atomic mass is 10.1. The third kappa shape index (κ3) is 4.67. The number of ether oxygens (including phenoxy) is 2. The van der Waals surface area contributed by atoms with Crippen LogP contribution < -0.4 is 17.2 Å². The fourth-order valence-corrected chi connectivity index (χ4v) is 3.45. The van der Waals surface area contributed by atoms with E-state index in [1.54, 1.807) is 9.36 Å². The van der Waals surface area contributed by atoms with Crippen molar-refractivity contribution in [3.63, 3.8) is 0 Å². The summed E-state index contributed by atoms with van der Waals surface area (Å²) < 4.78 is 13.9. The van der Waals surface area contributed by atoms with E-state index in [2.05, 4.69) is 15.0 Å². The predicted molar refractivity (Wildman–Crippen MR) is 106 cm³/mol. The van der Waals surface area contributed by atoms with Crippen LogP contribution >= 0.6 is 0 Å². The number of nitrogens with zero attached hydrogens (tertiary/aromatic N) is 5. The molecule has 0 radical (unpaired) electrons. The van der Waals surface area contributed by atoms with Gasteiger partial charge in [-0.1, -0.05) is 0 Å². The second-order valence-electron chi connectivity index (χ2n) is 6.91. The number of hydrogen-bond acceptors (Lipinski definition) is 7. The lowest BCUT2D eigenvalue weighted by Crippen LogP contribution is -2.22. The molecule has 11 heteroatoms. The highest BCUT2D eigenvalue weighted by molar-refractivity contribution is 5.96. The van der Waals surface area contributed by atoms with Crippen LogP contribution in [0.5, 0.6) is 0 Å². The van der Waals surface area contributed by atoms with Crippen LogP contribution in [0.4, 0.5) is 17.3 Å². The summed E-state index contributed by atoms with van der Waals surface area (Å²) in [4.78, 5) is 14.3. The number of aromatic nitrogens is 4. The quantitative estimate of drug-likeness (QED) is 0.653. The second-order valence-corrected chi connectivity index (χ2v) is 6.91. The van der Waals surface area contributed by atoms with E-state index in [0.29, 0.717) is 42.1 Å². The monoisotopic (exact) mass is 402 g/mol. The van der Waals surface area contributed by atoms with Gasteiger partial charge in [-0.2, -0.15) is 10.2 Å². The van der Waals surface area contributed by atoms with Gasteiger partial charge >= 0.3 is 0 Å².